The fraction of sp³-hybridized carbons (Fsp3) is 0.0909. The molecule has 0 saturated carbocycles. The summed E-state index contributed by atoms with van der Waals surface area (Å²) in [6, 6.07) is 3.23. The summed E-state index contributed by atoms with van der Waals surface area (Å²) in [5.41, 5.74) is 0.740. The largest absolute Gasteiger partial charge is 0.424 e. The molecule has 0 saturated heterocycles. The third-order valence-corrected chi connectivity index (χ3v) is 2.24. The molecular formula is C11H7ClF2N2O. The SMILES string of the molecule is Fc1ccc(Oc2ncc(CCl)cn2)cc1F. The van der Waals surface area contributed by atoms with Crippen molar-refractivity contribution in [1.29, 1.82) is 0 Å². The summed E-state index contributed by atoms with van der Waals surface area (Å²) in [6.07, 6.45) is 2.99. The monoisotopic (exact) mass is 256 g/mol. The van der Waals surface area contributed by atoms with E-state index in [9.17, 15) is 8.78 Å². The molecule has 1 heterocycles. The van der Waals surface area contributed by atoms with E-state index in [1.165, 1.54) is 18.5 Å². The van der Waals surface area contributed by atoms with Crippen LogP contribution in [0.2, 0.25) is 0 Å². The lowest BCUT2D eigenvalue weighted by Gasteiger charge is -2.04. The molecular weight excluding hydrogens is 250 g/mol. The van der Waals surface area contributed by atoms with E-state index in [2.05, 4.69) is 9.97 Å². The number of hydrogen-bond donors (Lipinski definition) is 0. The molecule has 88 valence electrons. The number of nitrogens with zero attached hydrogens (tertiary/aromatic N) is 2. The van der Waals surface area contributed by atoms with E-state index in [1.54, 1.807) is 0 Å². The summed E-state index contributed by atoms with van der Waals surface area (Å²) < 4.78 is 30.7. The van der Waals surface area contributed by atoms with Crippen LogP contribution in [-0.4, -0.2) is 9.97 Å². The molecule has 6 heteroatoms. The zero-order chi connectivity index (χ0) is 12.3. The maximum atomic E-state index is 12.9. The first kappa shape index (κ1) is 11.7. The quantitative estimate of drug-likeness (QED) is 0.791. The first-order chi connectivity index (χ1) is 8.19. The molecule has 0 atom stereocenters. The number of ether oxygens (including phenoxy) is 1. The Hall–Kier alpha value is -1.75. The first-order valence-electron chi connectivity index (χ1n) is 4.69. The van der Waals surface area contributed by atoms with Crippen LogP contribution in [0.4, 0.5) is 8.78 Å². The Morgan fingerprint density at radius 3 is 2.41 bits per heavy atom. The van der Waals surface area contributed by atoms with E-state index in [0.29, 0.717) is 5.88 Å². The molecule has 1 aromatic heterocycles. The summed E-state index contributed by atoms with van der Waals surface area (Å²) in [5.74, 6) is -1.50. The second kappa shape index (κ2) is 5.05. The van der Waals surface area contributed by atoms with Crippen molar-refractivity contribution in [2.24, 2.45) is 0 Å². The lowest BCUT2D eigenvalue weighted by atomic mass is 10.3. The third kappa shape index (κ3) is 2.88. The van der Waals surface area contributed by atoms with Gasteiger partial charge in [0.2, 0.25) is 0 Å². The Morgan fingerprint density at radius 1 is 1.12 bits per heavy atom. The van der Waals surface area contributed by atoms with Crippen LogP contribution < -0.4 is 4.74 Å². The minimum absolute atomic E-state index is 0.0462. The number of benzene rings is 1. The van der Waals surface area contributed by atoms with Gasteiger partial charge in [0.1, 0.15) is 5.75 Å². The van der Waals surface area contributed by atoms with Crippen LogP contribution in [0.15, 0.2) is 30.6 Å². The zero-order valence-corrected chi connectivity index (χ0v) is 9.29. The highest BCUT2D eigenvalue weighted by Gasteiger charge is 2.05. The summed E-state index contributed by atoms with van der Waals surface area (Å²) in [7, 11) is 0. The van der Waals surface area contributed by atoms with E-state index in [4.69, 9.17) is 16.3 Å². The van der Waals surface area contributed by atoms with Crippen LogP contribution in [0.25, 0.3) is 0 Å². The highest BCUT2D eigenvalue weighted by atomic mass is 35.5. The fourth-order valence-electron chi connectivity index (χ4n) is 1.11. The smallest absolute Gasteiger partial charge is 0.321 e. The molecule has 0 fully saturated rings. The van der Waals surface area contributed by atoms with Gasteiger partial charge < -0.3 is 4.74 Å². The van der Waals surface area contributed by atoms with Crippen molar-refractivity contribution >= 4 is 11.6 Å². The Labute approximate surface area is 101 Å². The second-order valence-corrected chi connectivity index (χ2v) is 3.45. The van der Waals surface area contributed by atoms with E-state index in [0.717, 1.165) is 17.7 Å². The summed E-state index contributed by atoms with van der Waals surface area (Å²) in [4.78, 5) is 7.73. The van der Waals surface area contributed by atoms with Gasteiger partial charge in [-0.3, -0.25) is 0 Å². The van der Waals surface area contributed by atoms with Crippen molar-refractivity contribution in [3.63, 3.8) is 0 Å². The Kier molecular flexibility index (Phi) is 3.49. The maximum Gasteiger partial charge on any atom is 0.321 e. The molecule has 0 aliphatic carbocycles. The van der Waals surface area contributed by atoms with Crippen LogP contribution >= 0.6 is 11.6 Å². The van der Waals surface area contributed by atoms with E-state index in [-0.39, 0.29) is 11.8 Å². The molecule has 0 aliphatic heterocycles. The van der Waals surface area contributed by atoms with Gasteiger partial charge in [0.15, 0.2) is 11.6 Å². The van der Waals surface area contributed by atoms with Gasteiger partial charge in [-0.2, -0.15) is 0 Å². The van der Waals surface area contributed by atoms with E-state index < -0.39 is 11.6 Å². The van der Waals surface area contributed by atoms with Crippen molar-refractivity contribution in [2.45, 2.75) is 5.88 Å². The predicted molar refractivity (Wildman–Crippen MR) is 58.0 cm³/mol. The van der Waals surface area contributed by atoms with Crippen LogP contribution in [-0.2, 0) is 5.88 Å². The average Bonchev–Trinajstić information content (AvgIpc) is 2.35. The standard InChI is InChI=1S/C11H7ClF2N2O/c12-4-7-5-15-11(16-6-7)17-8-1-2-9(13)10(14)3-8/h1-3,5-6H,4H2. The summed E-state index contributed by atoms with van der Waals surface area (Å²) >= 11 is 5.57. The molecule has 2 aromatic rings. The molecule has 0 radical (unpaired) electrons. The lowest BCUT2D eigenvalue weighted by Crippen LogP contribution is -1.94. The minimum Gasteiger partial charge on any atom is -0.424 e. The molecule has 0 unspecified atom stereocenters. The van der Waals surface area contributed by atoms with Crippen LogP contribution in [0.3, 0.4) is 0 Å². The van der Waals surface area contributed by atoms with Crippen LogP contribution in [0.1, 0.15) is 5.56 Å². The van der Waals surface area contributed by atoms with Gasteiger partial charge in [0.05, 0.1) is 5.88 Å². The molecule has 0 spiro atoms. The predicted octanol–water partition coefficient (Wildman–Crippen LogP) is 3.29. The van der Waals surface area contributed by atoms with E-state index in [1.807, 2.05) is 0 Å². The minimum atomic E-state index is -0.986. The molecule has 17 heavy (non-hydrogen) atoms. The topological polar surface area (TPSA) is 35.0 Å². The second-order valence-electron chi connectivity index (χ2n) is 3.19. The number of halogens is 3. The fourth-order valence-corrected chi connectivity index (χ4v) is 1.25. The number of rotatable bonds is 3. The van der Waals surface area contributed by atoms with Crippen molar-refractivity contribution in [3.05, 3.63) is 47.8 Å². The molecule has 0 N–H and O–H groups in total. The lowest BCUT2D eigenvalue weighted by molar-refractivity contribution is 0.430. The molecule has 0 aliphatic rings. The van der Waals surface area contributed by atoms with Crippen molar-refractivity contribution < 1.29 is 13.5 Å². The highest BCUT2D eigenvalue weighted by molar-refractivity contribution is 6.17. The van der Waals surface area contributed by atoms with Gasteiger partial charge in [-0.25, -0.2) is 18.7 Å². The Morgan fingerprint density at radius 2 is 1.82 bits per heavy atom. The van der Waals surface area contributed by atoms with Crippen molar-refractivity contribution in [3.8, 4) is 11.8 Å². The average molecular weight is 257 g/mol. The molecule has 3 nitrogen and oxygen atoms in total. The van der Waals surface area contributed by atoms with E-state index >= 15 is 0 Å². The molecule has 0 bridgehead atoms. The highest BCUT2D eigenvalue weighted by Crippen LogP contribution is 2.20. The van der Waals surface area contributed by atoms with Gasteiger partial charge in [-0.05, 0) is 12.1 Å². The molecule has 1 aromatic carbocycles. The van der Waals surface area contributed by atoms with Gasteiger partial charge >= 0.3 is 6.01 Å². The maximum absolute atomic E-state index is 12.9. The summed E-state index contributed by atoms with van der Waals surface area (Å²) in [6.45, 7) is 0. The normalized spacial score (nSPS) is 10.3. The number of aromatic nitrogens is 2. The van der Waals surface area contributed by atoms with Gasteiger partial charge in [0, 0.05) is 24.0 Å². The van der Waals surface area contributed by atoms with Crippen LogP contribution in [0.5, 0.6) is 11.8 Å². The Bertz CT molecular complexity index is 519. The van der Waals surface area contributed by atoms with Gasteiger partial charge in [-0.1, -0.05) is 0 Å². The third-order valence-electron chi connectivity index (χ3n) is 1.94. The first-order valence-corrected chi connectivity index (χ1v) is 5.22. The zero-order valence-electron chi connectivity index (χ0n) is 8.53. The number of hydrogen-bond acceptors (Lipinski definition) is 3. The Balaban J connectivity index is 2.16. The van der Waals surface area contributed by atoms with Crippen LogP contribution in [0, 0.1) is 11.6 Å². The molecule has 2 rings (SSSR count). The number of alkyl halides is 1. The van der Waals surface area contributed by atoms with Gasteiger partial charge in [-0.15, -0.1) is 11.6 Å². The van der Waals surface area contributed by atoms with Crippen molar-refractivity contribution in [2.75, 3.05) is 0 Å². The summed E-state index contributed by atoms with van der Waals surface area (Å²) in [5, 5.41) is 0. The van der Waals surface area contributed by atoms with Gasteiger partial charge in [0.25, 0.3) is 0 Å². The van der Waals surface area contributed by atoms with Crippen molar-refractivity contribution in [1.82, 2.24) is 9.97 Å². The molecule has 0 amide bonds.